The van der Waals surface area contributed by atoms with Crippen molar-refractivity contribution in [3.63, 3.8) is 0 Å². The van der Waals surface area contributed by atoms with E-state index < -0.39 is 11.9 Å². The summed E-state index contributed by atoms with van der Waals surface area (Å²) in [5.41, 5.74) is 0.940. The fraction of sp³-hybridized carbons (Fsp3) is 0.200. The van der Waals surface area contributed by atoms with Gasteiger partial charge in [0.25, 0.3) is 0 Å². The largest absolute Gasteiger partial charge is 0.434 e. The summed E-state index contributed by atoms with van der Waals surface area (Å²) in [4.78, 5) is 7.93. The van der Waals surface area contributed by atoms with Gasteiger partial charge in [-0.05, 0) is 6.07 Å². The minimum absolute atomic E-state index is 0.202. The van der Waals surface area contributed by atoms with Gasteiger partial charge in [-0.25, -0.2) is 9.97 Å². The maximum absolute atomic E-state index is 12.8. The molecule has 0 aliphatic heterocycles. The zero-order valence-electron chi connectivity index (χ0n) is 11.4. The standard InChI is InChI=1S/C15H10F3N2OS/c1-21-7-9-6-19-11-5-3-2-4-10(11)13(9)14-20-12(8-22-14)15(16,17)18/h2-5,8H,7H2,1H3. The molecular weight excluding hydrogens is 313 g/mol. The number of para-hydroxylation sites is 1. The molecule has 0 amide bonds. The third-order valence-electron chi connectivity index (χ3n) is 3.08. The van der Waals surface area contributed by atoms with Crippen molar-refractivity contribution >= 4 is 22.2 Å². The minimum atomic E-state index is -4.46. The number of rotatable bonds is 3. The molecule has 0 saturated carbocycles. The lowest BCUT2D eigenvalue weighted by atomic mass is 10.0. The minimum Gasteiger partial charge on any atom is -0.380 e. The van der Waals surface area contributed by atoms with Crippen molar-refractivity contribution in [3.05, 3.63) is 47.1 Å². The zero-order chi connectivity index (χ0) is 15.7. The van der Waals surface area contributed by atoms with Crippen LogP contribution in [0.25, 0.3) is 21.5 Å². The van der Waals surface area contributed by atoms with E-state index >= 15 is 0 Å². The molecule has 1 radical (unpaired) electrons. The molecule has 3 rings (SSSR count). The number of ether oxygens (including phenoxy) is 1. The van der Waals surface area contributed by atoms with Gasteiger partial charge in [0.2, 0.25) is 0 Å². The van der Waals surface area contributed by atoms with Crippen LogP contribution >= 0.6 is 11.3 Å². The Morgan fingerprint density at radius 2 is 2.05 bits per heavy atom. The average molecular weight is 323 g/mol. The van der Waals surface area contributed by atoms with Crippen molar-refractivity contribution in [2.75, 3.05) is 7.11 Å². The maximum atomic E-state index is 12.8. The van der Waals surface area contributed by atoms with Crippen molar-refractivity contribution in [2.24, 2.45) is 0 Å². The van der Waals surface area contributed by atoms with Crippen LogP contribution < -0.4 is 0 Å². The van der Waals surface area contributed by atoms with Crippen LogP contribution in [0.3, 0.4) is 0 Å². The predicted molar refractivity (Wildman–Crippen MR) is 77.4 cm³/mol. The normalized spacial score (nSPS) is 12.0. The van der Waals surface area contributed by atoms with Crippen LogP contribution in [0.1, 0.15) is 11.3 Å². The smallest absolute Gasteiger partial charge is 0.380 e. The summed E-state index contributed by atoms with van der Waals surface area (Å²) in [5.74, 6) is 0. The summed E-state index contributed by atoms with van der Waals surface area (Å²) in [6.45, 7) is 0.202. The Bertz CT molecular complexity index is 814. The van der Waals surface area contributed by atoms with Gasteiger partial charge in [0, 0.05) is 29.0 Å². The molecule has 0 aliphatic rings. The molecule has 113 valence electrons. The molecule has 0 fully saturated rings. The summed E-state index contributed by atoms with van der Waals surface area (Å²) >= 11 is 0.950. The highest BCUT2D eigenvalue weighted by Crippen LogP contribution is 2.37. The van der Waals surface area contributed by atoms with Gasteiger partial charge in [0.1, 0.15) is 5.01 Å². The molecule has 0 saturated heterocycles. The van der Waals surface area contributed by atoms with E-state index in [-0.39, 0.29) is 11.6 Å². The third-order valence-corrected chi connectivity index (χ3v) is 3.94. The Kier molecular flexibility index (Phi) is 3.84. The Labute approximate surface area is 128 Å². The Morgan fingerprint density at radius 3 is 2.73 bits per heavy atom. The molecule has 1 aromatic carbocycles. The van der Waals surface area contributed by atoms with Crippen molar-refractivity contribution in [2.45, 2.75) is 12.8 Å². The number of aromatic nitrogens is 2. The van der Waals surface area contributed by atoms with Gasteiger partial charge in [-0.15, -0.1) is 11.3 Å². The molecule has 0 N–H and O–H groups in total. The van der Waals surface area contributed by atoms with Gasteiger partial charge in [-0.1, -0.05) is 18.2 Å². The van der Waals surface area contributed by atoms with E-state index in [4.69, 9.17) is 4.74 Å². The number of nitrogens with zero attached hydrogens (tertiary/aromatic N) is 2. The first kappa shape index (κ1) is 14.9. The molecule has 3 aromatic rings. The fourth-order valence-electron chi connectivity index (χ4n) is 2.14. The lowest BCUT2D eigenvalue weighted by Gasteiger charge is -2.09. The monoisotopic (exact) mass is 323 g/mol. The molecule has 0 spiro atoms. The number of methoxy groups -OCH3 is 1. The third kappa shape index (κ3) is 2.69. The summed E-state index contributed by atoms with van der Waals surface area (Å²) in [6.07, 6.45) is -1.62. The van der Waals surface area contributed by atoms with Gasteiger partial charge in [0.15, 0.2) is 5.69 Å². The predicted octanol–water partition coefficient (Wildman–Crippen LogP) is 4.32. The number of thiazole rings is 1. The van der Waals surface area contributed by atoms with E-state index in [1.54, 1.807) is 12.1 Å². The van der Waals surface area contributed by atoms with Crippen molar-refractivity contribution < 1.29 is 17.9 Å². The second-order valence-corrected chi connectivity index (χ2v) is 5.42. The Balaban J connectivity index is 2.23. The first-order valence-electron chi connectivity index (χ1n) is 6.32. The van der Waals surface area contributed by atoms with Crippen LogP contribution in [0, 0.1) is 6.20 Å². The molecule has 0 unspecified atom stereocenters. The number of pyridine rings is 1. The summed E-state index contributed by atoms with van der Waals surface area (Å²) in [6, 6.07) is 7.21. The lowest BCUT2D eigenvalue weighted by molar-refractivity contribution is -0.140. The van der Waals surface area contributed by atoms with Crippen LogP contribution in [0.4, 0.5) is 13.2 Å². The molecule has 0 bridgehead atoms. The van der Waals surface area contributed by atoms with Gasteiger partial charge in [-0.2, -0.15) is 13.2 Å². The SMILES string of the molecule is COCc1[c]nc2ccccc2c1-c1nc(C(F)(F)F)cs1. The van der Waals surface area contributed by atoms with Crippen LogP contribution in [-0.4, -0.2) is 17.1 Å². The van der Waals surface area contributed by atoms with E-state index in [2.05, 4.69) is 16.2 Å². The average Bonchev–Trinajstić information content (AvgIpc) is 2.97. The summed E-state index contributed by atoms with van der Waals surface area (Å²) in [5, 5.41) is 2.03. The van der Waals surface area contributed by atoms with E-state index in [1.165, 1.54) is 7.11 Å². The first-order valence-corrected chi connectivity index (χ1v) is 7.20. The summed E-state index contributed by atoms with van der Waals surface area (Å²) in [7, 11) is 1.51. The number of fused-ring (bicyclic) bond motifs is 1. The van der Waals surface area contributed by atoms with E-state index in [9.17, 15) is 13.2 Å². The van der Waals surface area contributed by atoms with Gasteiger partial charge < -0.3 is 4.74 Å². The van der Waals surface area contributed by atoms with Crippen LogP contribution in [-0.2, 0) is 17.5 Å². The molecule has 22 heavy (non-hydrogen) atoms. The van der Waals surface area contributed by atoms with Crippen LogP contribution in [0.15, 0.2) is 29.6 Å². The van der Waals surface area contributed by atoms with Gasteiger partial charge in [-0.3, -0.25) is 0 Å². The Hall–Kier alpha value is -1.99. The molecule has 0 atom stereocenters. The second-order valence-electron chi connectivity index (χ2n) is 4.56. The molecule has 0 aliphatic carbocycles. The number of halogens is 3. The van der Waals surface area contributed by atoms with Crippen molar-refractivity contribution in [1.82, 2.24) is 9.97 Å². The highest BCUT2D eigenvalue weighted by molar-refractivity contribution is 7.13. The second kappa shape index (κ2) is 5.66. The highest BCUT2D eigenvalue weighted by atomic mass is 32.1. The van der Waals surface area contributed by atoms with E-state index in [0.29, 0.717) is 16.6 Å². The zero-order valence-corrected chi connectivity index (χ0v) is 12.3. The fourth-order valence-corrected chi connectivity index (χ4v) is 3.05. The van der Waals surface area contributed by atoms with Gasteiger partial charge >= 0.3 is 6.18 Å². The van der Waals surface area contributed by atoms with E-state index in [1.807, 2.05) is 12.1 Å². The van der Waals surface area contributed by atoms with Crippen LogP contribution in [0.5, 0.6) is 0 Å². The number of hydrogen-bond donors (Lipinski definition) is 0. The molecule has 2 heterocycles. The highest BCUT2D eigenvalue weighted by Gasteiger charge is 2.34. The number of alkyl halides is 3. The van der Waals surface area contributed by atoms with Crippen molar-refractivity contribution in [1.29, 1.82) is 0 Å². The molecule has 2 aromatic heterocycles. The first-order chi connectivity index (χ1) is 10.5. The lowest BCUT2D eigenvalue weighted by Crippen LogP contribution is -2.05. The number of hydrogen-bond acceptors (Lipinski definition) is 4. The maximum Gasteiger partial charge on any atom is 0.434 e. The quantitative estimate of drug-likeness (QED) is 0.720. The van der Waals surface area contributed by atoms with Crippen LogP contribution in [0.2, 0.25) is 0 Å². The molecular formula is C15H10F3N2OS. The van der Waals surface area contributed by atoms with Crippen molar-refractivity contribution in [3.8, 4) is 10.6 Å². The molecule has 3 nitrogen and oxygen atoms in total. The number of benzene rings is 1. The summed E-state index contributed by atoms with van der Waals surface area (Å²) < 4.78 is 43.4. The Morgan fingerprint density at radius 1 is 1.27 bits per heavy atom. The molecule has 7 heteroatoms. The van der Waals surface area contributed by atoms with E-state index in [0.717, 1.165) is 22.1 Å². The topological polar surface area (TPSA) is 35.0 Å². The van der Waals surface area contributed by atoms with Gasteiger partial charge in [0.05, 0.1) is 18.3 Å².